The van der Waals surface area contributed by atoms with Gasteiger partial charge in [0.15, 0.2) is 0 Å². The topological polar surface area (TPSA) is 105 Å². The number of nitro groups is 1. The Hall–Kier alpha value is -2.07. The van der Waals surface area contributed by atoms with Gasteiger partial charge in [0.25, 0.3) is 17.2 Å². The average molecular weight is 391 g/mol. The van der Waals surface area contributed by atoms with Crippen molar-refractivity contribution in [2.24, 2.45) is 5.92 Å². The van der Waals surface area contributed by atoms with Gasteiger partial charge in [-0.05, 0) is 24.8 Å². The Bertz CT molecular complexity index is 769. The summed E-state index contributed by atoms with van der Waals surface area (Å²) in [4.78, 5) is 28.0. The average Bonchev–Trinajstić information content (AvgIpc) is 2.93. The summed E-state index contributed by atoms with van der Waals surface area (Å²) in [5.41, 5.74) is -0.499. The van der Waals surface area contributed by atoms with Gasteiger partial charge in [-0.15, -0.1) is 0 Å². The highest BCUT2D eigenvalue weighted by Gasteiger charge is 2.61. The first kappa shape index (κ1) is 19.3. The number of hydrogen-bond acceptors (Lipinski definition) is 7. The van der Waals surface area contributed by atoms with Crippen LogP contribution in [-0.4, -0.2) is 66.0 Å². The Morgan fingerprint density at radius 3 is 2.50 bits per heavy atom. The Morgan fingerprint density at radius 1 is 1.25 bits per heavy atom. The van der Waals surface area contributed by atoms with E-state index in [0.29, 0.717) is 23.8 Å². The van der Waals surface area contributed by atoms with Crippen LogP contribution >= 0.6 is 0 Å². The number of nitrogens with zero attached hydrogens (tertiary/aromatic N) is 3. The maximum Gasteiger partial charge on any atom is 0.293 e. The third-order valence-electron chi connectivity index (χ3n) is 6.06. The van der Waals surface area contributed by atoms with Gasteiger partial charge in [-0.2, -0.15) is 0 Å². The van der Waals surface area contributed by atoms with Gasteiger partial charge < -0.3 is 14.6 Å². The lowest BCUT2D eigenvalue weighted by molar-refractivity contribution is -0.598. The van der Waals surface area contributed by atoms with E-state index in [1.54, 1.807) is 17.0 Å². The number of anilines is 1. The number of aliphatic hydroxyl groups is 1. The summed E-state index contributed by atoms with van der Waals surface area (Å²) in [5, 5.41) is 20.9. The highest BCUT2D eigenvalue weighted by molar-refractivity contribution is 6.06. The molecule has 3 aliphatic heterocycles. The van der Waals surface area contributed by atoms with Gasteiger partial charge in [0.2, 0.25) is 0 Å². The van der Waals surface area contributed by atoms with E-state index >= 15 is 0 Å². The molecule has 2 saturated heterocycles. The Balaban J connectivity index is 1.60. The zero-order valence-corrected chi connectivity index (χ0v) is 15.9. The van der Waals surface area contributed by atoms with E-state index in [1.807, 2.05) is 12.1 Å². The number of ether oxygens (including phenoxy) is 2. The molecule has 0 unspecified atom stereocenters. The van der Waals surface area contributed by atoms with Crippen molar-refractivity contribution < 1.29 is 24.3 Å². The van der Waals surface area contributed by atoms with Gasteiger partial charge in [0.1, 0.15) is 19.8 Å². The number of carbonyl (C=O) groups is 1. The molecule has 4 rings (SSSR count). The van der Waals surface area contributed by atoms with Crippen LogP contribution in [0, 0.1) is 16.0 Å². The summed E-state index contributed by atoms with van der Waals surface area (Å²) in [6, 6.07) is 7.22. The lowest BCUT2D eigenvalue weighted by Crippen LogP contribution is -2.61. The van der Waals surface area contributed by atoms with E-state index in [1.165, 1.54) is 0 Å². The SMILES string of the molecule is CC1CCN(CN2C(=O)C3(OCC(CO)([N+](=O)[O-])CO3)c3ccccc32)CC1. The minimum absolute atomic E-state index is 0.373. The zero-order valence-electron chi connectivity index (χ0n) is 15.9. The van der Waals surface area contributed by atoms with Crippen molar-refractivity contribution in [3.05, 3.63) is 39.9 Å². The first-order valence-corrected chi connectivity index (χ1v) is 9.59. The van der Waals surface area contributed by atoms with Crippen LogP contribution in [0.4, 0.5) is 5.69 Å². The molecule has 0 radical (unpaired) electrons. The molecule has 9 nitrogen and oxygen atoms in total. The summed E-state index contributed by atoms with van der Waals surface area (Å²) < 4.78 is 11.5. The molecule has 28 heavy (non-hydrogen) atoms. The van der Waals surface area contributed by atoms with E-state index in [-0.39, 0.29) is 5.91 Å². The molecular weight excluding hydrogens is 366 g/mol. The second-order valence-corrected chi connectivity index (χ2v) is 8.03. The maximum atomic E-state index is 13.4. The Labute approximate surface area is 163 Å². The van der Waals surface area contributed by atoms with E-state index in [2.05, 4.69) is 11.8 Å². The predicted octanol–water partition coefficient (Wildman–Crippen LogP) is 0.930. The summed E-state index contributed by atoms with van der Waals surface area (Å²) >= 11 is 0. The molecule has 2 fully saturated rings. The lowest BCUT2D eigenvalue weighted by Gasteiger charge is -2.38. The molecule has 9 heteroatoms. The van der Waals surface area contributed by atoms with Crippen LogP contribution in [-0.2, 0) is 20.1 Å². The van der Waals surface area contributed by atoms with Crippen molar-refractivity contribution in [3.8, 4) is 0 Å². The molecule has 3 heterocycles. The molecular formula is C19H25N3O6. The maximum absolute atomic E-state index is 13.4. The lowest BCUT2D eigenvalue weighted by atomic mass is 10.00. The number of amides is 1. The van der Waals surface area contributed by atoms with Crippen LogP contribution in [0.2, 0.25) is 0 Å². The first-order chi connectivity index (χ1) is 13.4. The monoisotopic (exact) mass is 391 g/mol. The molecule has 1 amide bonds. The van der Waals surface area contributed by atoms with E-state index in [4.69, 9.17) is 9.47 Å². The van der Waals surface area contributed by atoms with Crippen LogP contribution in [0.15, 0.2) is 24.3 Å². The molecule has 152 valence electrons. The molecule has 1 aromatic rings. The fourth-order valence-electron chi connectivity index (χ4n) is 4.02. The van der Waals surface area contributed by atoms with Crippen molar-refractivity contribution in [3.63, 3.8) is 0 Å². The number of likely N-dealkylation sites (tertiary alicyclic amines) is 1. The highest BCUT2D eigenvalue weighted by Crippen LogP contribution is 2.46. The summed E-state index contributed by atoms with van der Waals surface area (Å²) in [7, 11) is 0. The normalized spacial score (nSPS) is 31.4. The third kappa shape index (κ3) is 2.89. The summed E-state index contributed by atoms with van der Waals surface area (Å²) in [6.07, 6.45) is 2.17. The number of hydrogen-bond donors (Lipinski definition) is 1. The molecule has 3 aliphatic rings. The van der Waals surface area contributed by atoms with Crippen molar-refractivity contribution in [2.75, 3.05) is 44.5 Å². The van der Waals surface area contributed by atoms with Crippen molar-refractivity contribution in [2.45, 2.75) is 31.1 Å². The first-order valence-electron chi connectivity index (χ1n) is 9.59. The Kier molecular flexibility index (Phi) is 4.86. The summed E-state index contributed by atoms with van der Waals surface area (Å²) in [5.74, 6) is -1.38. The largest absolute Gasteiger partial charge is 0.389 e. The van der Waals surface area contributed by atoms with Gasteiger partial charge >= 0.3 is 0 Å². The second kappa shape index (κ2) is 7.07. The quantitative estimate of drug-likeness (QED) is 0.601. The second-order valence-electron chi connectivity index (χ2n) is 8.03. The van der Waals surface area contributed by atoms with Crippen molar-refractivity contribution in [1.29, 1.82) is 0 Å². The number of para-hydroxylation sites is 1. The molecule has 0 atom stereocenters. The molecule has 1 N–H and O–H groups in total. The molecule has 1 aromatic carbocycles. The van der Waals surface area contributed by atoms with Crippen molar-refractivity contribution >= 4 is 11.6 Å². The van der Waals surface area contributed by atoms with Gasteiger partial charge in [0.05, 0.1) is 12.4 Å². The Morgan fingerprint density at radius 2 is 1.89 bits per heavy atom. The molecule has 0 aromatic heterocycles. The minimum Gasteiger partial charge on any atom is -0.389 e. The van der Waals surface area contributed by atoms with Crippen LogP contribution in [0.25, 0.3) is 0 Å². The zero-order chi connectivity index (χ0) is 19.9. The fourth-order valence-corrected chi connectivity index (χ4v) is 4.02. The number of piperidine rings is 1. The number of fused-ring (bicyclic) bond motifs is 2. The fraction of sp³-hybridized carbons (Fsp3) is 0.632. The van der Waals surface area contributed by atoms with Crippen LogP contribution in [0.3, 0.4) is 0 Å². The van der Waals surface area contributed by atoms with E-state index in [0.717, 1.165) is 25.9 Å². The predicted molar refractivity (Wildman–Crippen MR) is 99.2 cm³/mol. The van der Waals surface area contributed by atoms with E-state index < -0.39 is 36.1 Å². The molecule has 0 aliphatic carbocycles. The number of benzene rings is 1. The van der Waals surface area contributed by atoms with Gasteiger partial charge in [-0.3, -0.25) is 24.7 Å². The number of aliphatic hydroxyl groups excluding tert-OH is 1. The standard InChI is InChI=1S/C19H25N3O6/c1-14-6-8-20(9-7-14)13-21-16-5-3-2-4-15(16)19(17(21)24)27-11-18(10-23,12-28-19)22(25)26/h2-5,14,23H,6-13H2,1H3. The van der Waals surface area contributed by atoms with Gasteiger partial charge in [-0.1, -0.05) is 25.1 Å². The molecule has 0 saturated carbocycles. The molecule has 1 spiro atoms. The third-order valence-corrected chi connectivity index (χ3v) is 6.06. The van der Waals surface area contributed by atoms with E-state index in [9.17, 15) is 20.0 Å². The summed E-state index contributed by atoms with van der Waals surface area (Å²) in [6.45, 7) is 2.97. The van der Waals surface area contributed by atoms with Gasteiger partial charge in [-0.25, -0.2) is 0 Å². The smallest absolute Gasteiger partial charge is 0.293 e. The molecule has 0 bridgehead atoms. The van der Waals surface area contributed by atoms with Crippen LogP contribution in [0.1, 0.15) is 25.3 Å². The number of rotatable bonds is 4. The number of carbonyl (C=O) groups excluding carboxylic acids is 1. The van der Waals surface area contributed by atoms with Crippen molar-refractivity contribution in [1.82, 2.24) is 4.90 Å². The highest BCUT2D eigenvalue weighted by atomic mass is 16.7. The van der Waals surface area contributed by atoms with Gasteiger partial charge in [0, 0.05) is 23.6 Å². The minimum atomic E-state index is -1.75. The van der Waals surface area contributed by atoms with Crippen LogP contribution in [0.5, 0.6) is 0 Å². The van der Waals surface area contributed by atoms with Crippen LogP contribution < -0.4 is 4.90 Å².